The van der Waals surface area contributed by atoms with E-state index in [2.05, 4.69) is 15.9 Å². The molecule has 0 bridgehead atoms. The van der Waals surface area contributed by atoms with Crippen LogP contribution in [0.5, 0.6) is 0 Å². The van der Waals surface area contributed by atoms with Gasteiger partial charge < -0.3 is 4.74 Å². The van der Waals surface area contributed by atoms with E-state index >= 15 is 0 Å². The van der Waals surface area contributed by atoms with Crippen molar-refractivity contribution in [1.29, 1.82) is 0 Å². The summed E-state index contributed by atoms with van der Waals surface area (Å²) < 4.78 is 19.3. The van der Waals surface area contributed by atoms with E-state index in [4.69, 9.17) is 4.74 Å². The van der Waals surface area contributed by atoms with Gasteiger partial charge >= 0.3 is 0 Å². The number of ketones is 1. The zero-order valence-corrected chi connectivity index (χ0v) is 10.5. The highest BCUT2D eigenvalue weighted by atomic mass is 79.9. The third kappa shape index (κ3) is 1.70. The van der Waals surface area contributed by atoms with Gasteiger partial charge in [-0.15, -0.1) is 0 Å². The molecule has 2 nitrogen and oxygen atoms in total. The van der Waals surface area contributed by atoms with E-state index in [1.54, 1.807) is 12.1 Å². The van der Waals surface area contributed by atoms with Crippen LogP contribution in [0.25, 0.3) is 0 Å². The van der Waals surface area contributed by atoms with Crippen molar-refractivity contribution in [2.24, 2.45) is 0 Å². The summed E-state index contributed by atoms with van der Waals surface area (Å²) in [6.45, 7) is 0. The predicted molar refractivity (Wildman–Crippen MR) is 62.0 cm³/mol. The van der Waals surface area contributed by atoms with Crippen molar-refractivity contribution in [3.05, 3.63) is 34.1 Å². The Hall–Kier alpha value is -0.740. The molecule has 86 valence electrons. The van der Waals surface area contributed by atoms with E-state index in [1.807, 2.05) is 0 Å². The van der Waals surface area contributed by atoms with Crippen molar-refractivity contribution in [3.8, 4) is 0 Å². The van der Waals surface area contributed by atoms with Crippen molar-refractivity contribution in [1.82, 2.24) is 0 Å². The standard InChI is InChI=1S/C12H12BrFO2/c1-16-12(6-3-7-12)11(15)8-4-2-5-9(13)10(8)14/h2,4-5H,3,6-7H2,1H3. The predicted octanol–water partition coefficient (Wildman–Crippen LogP) is 3.34. The minimum Gasteiger partial charge on any atom is -0.370 e. The first-order valence-corrected chi connectivity index (χ1v) is 5.94. The second-order valence-corrected chi connectivity index (χ2v) is 4.84. The monoisotopic (exact) mass is 286 g/mol. The summed E-state index contributed by atoms with van der Waals surface area (Å²) in [7, 11) is 1.51. The number of rotatable bonds is 3. The van der Waals surface area contributed by atoms with Gasteiger partial charge in [0.05, 0.1) is 10.0 Å². The molecule has 2 rings (SSSR count). The third-order valence-corrected chi connectivity index (χ3v) is 3.77. The third-order valence-electron chi connectivity index (χ3n) is 3.16. The molecule has 0 heterocycles. The normalized spacial score (nSPS) is 17.9. The first kappa shape index (κ1) is 11.7. The smallest absolute Gasteiger partial charge is 0.197 e. The summed E-state index contributed by atoms with van der Waals surface area (Å²) in [5.74, 6) is -0.754. The van der Waals surface area contributed by atoms with Gasteiger partial charge in [0.25, 0.3) is 0 Å². The second-order valence-electron chi connectivity index (χ2n) is 3.98. The van der Waals surface area contributed by atoms with Gasteiger partial charge in [0.1, 0.15) is 11.4 Å². The van der Waals surface area contributed by atoms with E-state index in [0.717, 1.165) is 6.42 Å². The maximum Gasteiger partial charge on any atom is 0.197 e. The largest absolute Gasteiger partial charge is 0.370 e. The van der Waals surface area contributed by atoms with Crippen LogP contribution in [0.2, 0.25) is 0 Å². The van der Waals surface area contributed by atoms with Crippen LogP contribution in [0.3, 0.4) is 0 Å². The second kappa shape index (κ2) is 4.26. The van der Waals surface area contributed by atoms with Gasteiger partial charge in [0.2, 0.25) is 0 Å². The zero-order chi connectivity index (χ0) is 11.8. The fraction of sp³-hybridized carbons (Fsp3) is 0.417. The highest BCUT2D eigenvalue weighted by Crippen LogP contribution is 2.38. The van der Waals surface area contributed by atoms with E-state index < -0.39 is 11.4 Å². The van der Waals surface area contributed by atoms with E-state index in [1.165, 1.54) is 13.2 Å². The molecule has 16 heavy (non-hydrogen) atoms. The Kier molecular flexibility index (Phi) is 3.13. The lowest BCUT2D eigenvalue weighted by Gasteiger charge is -2.38. The quantitative estimate of drug-likeness (QED) is 0.797. The lowest BCUT2D eigenvalue weighted by atomic mass is 9.75. The minimum atomic E-state index is -0.790. The van der Waals surface area contributed by atoms with Gasteiger partial charge in [-0.2, -0.15) is 0 Å². The summed E-state index contributed by atoms with van der Waals surface area (Å²) in [6.07, 6.45) is 2.30. The molecule has 1 aliphatic carbocycles. The average molecular weight is 287 g/mol. The molecule has 1 aromatic rings. The highest BCUT2D eigenvalue weighted by molar-refractivity contribution is 9.10. The van der Waals surface area contributed by atoms with Gasteiger partial charge in [-0.3, -0.25) is 4.79 Å². The van der Waals surface area contributed by atoms with E-state index in [0.29, 0.717) is 17.3 Å². The molecule has 0 radical (unpaired) electrons. The Morgan fingerprint density at radius 3 is 2.69 bits per heavy atom. The zero-order valence-electron chi connectivity index (χ0n) is 8.93. The molecule has 0 spiro atoms. The number of carbonyl (C=O) groups excluding carboxylic acids is 1. The molecule has 0 amide bonds. The van der Waals surface area contributed by atoms with Crippen LogP contribution in [0.1, 0.15) is 29.6 Å². The summed E-state index contributed by atoms with van der Waals surface area (Å²) in [5.41, 5.74) is -0.683. The molecule has 0 N–H and O–H groups in total. The lowest BCUT2D eigenvalue weighted by molar-refractivity contribution is -0.0450. The van der Waals surface area contributed by atoms with E-state index in [-0.39, 0.29) is 11.3 Å². The number of halogens is 2. The molecule has 0 unspecified atom stereocenters. The number of carbonyl (C=O) groups is 1. The lowest BCUT2D eigenvalue weighted by Crippen LogP contribution is -2.47. The molecule has 0 aliphatic heterocycles. The Labute approximate surface area is 102 Å². The van der Waals surface area contributed by atoms with Crippen LogP contribution in [-0.4, -0.2) is 18.5 Å². The summed E-state index contributed by atoms with van der Waals surface area (Å²) in [5, 5.41) is 0. The van der Waals surface area contributed by atoms with Crippen LogP contribution in [0.15, 0.2) is 22.7 Å². The summed E-state index contributed by atoms with van der Waals surface area (Å²) in [6, 6.07) is 4.73. The molecule has 1 aliphatic rings. The molecule has 1 fully saturated rings. The number of ether oxygens (including phenoxy) is 1. The topological polar surface area (TPSA) is 26.3 Å². The van der Waals surface area contributed by atoms with E-state index in [9.17, 15) is 9.18 Å². The molecular weight excluding hydrogens is 275 g/mol. The van der Waals surface area contributed by atoms with Gasteiger partial charge in [0.15, 0.2) is 5.78 Å². The maximum absolute atomic E-state index is 13.8. The molecule has 0 saturated heterocycles. The number of hydrogen-bond donors (Lipinski definition) is 0. The number of methoxy groups -OCH3 is 1. The van der Waals surface area contributed by atoms with Gasteiger partial charge in [0, 0.05) is 7.11 Å². The first-order chi connectivity index (χ1) is 7.60. The SMILES string of the molecule is COC1(C(=O)c2cccc(Br)c2F)CCC1. The molecule has 1 saturated carbocycles. The Morgan fingerprint density at radius 2 is 2.19 bits per heavy atom. The first-order valence-electron chi connectivity index (χ1n) is 5.15. The van der Waals surface area contributed by atoms with Gasteiger partial charge in [-0.25, -0.2) is 4.39 Å². The van der Waals surface area contributed by atoms with Crippen molar-refractivity contribution >= 4 is 21.7 Å². The van der Waals surface area contributed by atoms with Crippen LogP contribution in [0, 0.1) is 5.82 Å². The Balaban J connectivity index is 2.37. The Bertz CT molecular complexity index is 422. The number of hydrogen-bond acceptors (Lipinski definition) is 2. The highest BCUT2D eigenvalue weighted by Gasteiger charge is 2.45. The van der Waals surface area contributed by atoms with Crippen LogP contribution in [-0.2, 0) is 4.74 Å². The van der Waals surface area contributed by atoms with Crippen molar-refractivity contribution in [2.45, 2.75) is 24.9 Å². The summed E-state index contributed by atoms with van der Waals surface area (Å²) in [4.78, 5) is 12.2. The molecule has 0 aromatic heterocycles. The van der Waals surface area contributed by atoms with Crippen molar-refractivity contribution < 1.29 is 13.9 Å². The van der Waals surface area contributed by atoms with Gasteiger partial charge in [-0.1, -0.05) is 6.07 Å². The van der Waals surface area contributed by atoms with Crippen LogP contribution >= 0.6 is 15.9 Å². The fourth-order valence-electron chi connectivity index (χ4n) is 1.95. The molecule has 1 aromatic carbocycles. The fourth-order valence-corrected chi connectivity index (χ4v) is 2.31. The van der Waals surface area contributed by atoms with Crippen LogP contribution < -0.4 is 0 Å². The van der Waals surface area contributed by atoms with Gasteiger partial charge in [-0.05, 0) is 47.3 Å². The average Bonchev–Trinajstić information content (AvgIpc) is 2.21. The molecule has 4 heteroatoms. The van der Waals surface area contributed by atoms with Crippen molar-refractivity contribution in [3.63, 3.8) is 0 Å². The Morgan fingerprint density at radius 1 is 1.50 bits per heavy atom. The molecular formula is C12H12BrFO2. The maximum atomic E-state index is 13.8. The number of Topliss-reactive ketones (excluding diaryl/α,β-unsaturated/α-hetero) is 1. The number of benzene rings is 1. The minimum absolute atomic E-state index is 0.107. The van der Waals surface area contributed by atoms with Crippen molar-refractivity contribution in [2.75, 3.05) is 7.11 Å². The van der Waals surface area contributed by atoms with Crippen LogP contribution in [0.4, 0.5) is 4.39 Å². The summed E-state index contributed by atoms with van der Waals surface area (Å²) >= 11 is 3.07. The molecule has 0 atom stereocenters.